The molecular formula is C11H15NS. The van der Waals surface area contributed by atoms with Crippen molar-refractivity contribution in [2.24, 2.45) is 5.73 Å². The molecule has 0 aromatic heterocycles. The van der Waals surface area contributed by atoms with Crippen LogP contribution >= 0.6 is 11.8 Å². The first-order valence-electron chi connectivity index (χ1n) is 4.81. The molecule has 1 aromatic rings. The monoisotopic (exact) mass is 193 g/mol. The lowest BCUT2D eigenvalue weighted by atomic mass is 10.0. The predicted octanol–water partition coefficient (Wildman–Crippen LogP) is 2.44. The Bertz CT molecular complexity index is 273. The molecule has 0 spiro atoms. The highest BCUT2D eigenvalue weighted by Crippen LogP contribution is 2.38. The van der Waals surface area contributed by atoms with Gasteiger partial charge in [0.2, 0.25) is 0 Å². The van der Waals surface area contributed by atoms with Crippen molar-refractivity contribution in [3.8, 4) is 0 Å². The number of hydrogen-bond donors (Lipinski definition) is 1. The molecule has 1 aliphatic rings. The molecule has 1 aliphatic heterocycles. The van der Waals surface area contributed by atoms with E-state index >= 15 is 0 Å². The minimum absolute atomic E-state index is 0.345. The van der Waals surface area contributed by atoms with Crippen LogP contribution in [0.5, 0.6) is 0 Å². The Labute approximate surface area is 83.7 Å². The third-order valence-corrected chi connectivity index (χ3v) is 4.09. The second-order valence-electron chi connectivity index (χ2n) is 3.54. The summed E-state index contributed by atoms with van der Waals surface area (Å²) >= 11 is 1.94. The van der Waals surface area contributed by atoms with Crippen LogP contribution in [0, 0.1) is 0 Å². The SMILES string of the molecule is CCC(N)C1Cc2ccccc2S1. The Morgan fingerprint density at radius 2 is 2.31 bits per heavy atom. The van der Waals surface area contributed by atoms with Crippen LogP contribution in [0.15, 0.2) is 29.2 Å². The molecule has 0 saturated heterocycles. The van der Waals surface area contributed by atoms with E-state index in [1.807, 2.05) is 11.8 Å². The van der Waals surface area contributed by atoms with Gasteiger partial charge in [-0.1, -0.05) is 25.1 Å². The van der Waals surface area contributed by atoms with Crippen molar-refractivity contribution >= 4 is 11.8 Å². The first kappa shape index (κ1) is 9.10. The van der Waals surface area contributed by atoms with Gasteiger partial charge in [-0.15, -0.1) is 11.8 Å². The molecule has 0 amide bonds. The van der Waals surface area contributed by atoms with E-state index in [1.165, 1.54) is 10.5 Å². The summed E-state index contributed by atoms with van der Waals surface area (Å²) in [6.45, 7) is 2.16. The van der Waals surface area contributed by atoms with Gasteiger partial charge in [0.25, 0.3) is 0 Å². The van der Waals surface area contributed by atoms with Crippen molar-refractivity contribution in [1.29, 1.82) is 0 Å². The van der Waals surface area contributed by atoms with Gasteiger partial charge < -0.3 is 5.73 Å². The zero-order valence-corrected chi connectivity index (χ0v) is 8.68. The fourth-order valence-electron chi connectivity index (χ4n) is 1.71. The van der Waals surface area contributed by atoms with E-state index in [-0.39, 0.29) is 0 Å². The maximum atomic E-state index is 6.04. The minimum Gasteiger partial charge on any atom is -0.327 e. The molecule has 2 atom stereocenters. The lowest BCUT2D eigenvalue weighted by Crippen LogP contribution is -2.31. The van der Waals surface area contributed by atoms with Crippen molar-refractivity contribution in [2.45, 2.75) is 36.0 Å². The van der Waals surface area contributed by atoms with Crippen LogP contribution in [0.4, 0.5) is 0 Å². The number of rotatable bonds is 2. The molecular weight excluding hydrogens is 178 g/mol. The smallest absolute Gasteiger partial charge is 0.0286 e. The molecule has 0 saturated carbocycles. The summed E-state index contributed by atoms with van der Waals surface area (Å²) in [4.78, 5) is 1.43. The standard InChI is InChI=1S/C11H15NS/c1-2-9(12)11-7-8-5-3-4-6-10(8)13-11/h3-6,9,11H,2,7,12H2,1H3. The van der Waals surface area contributed by atoms with E-state index in [2.05, 4.69) is 31.2 Å². The highest BCUT2D eigenvalue weighted by atomic mass is 32.2. The van der Waals surface area contributed by atoms with Crippen molar-refractivity contribution in [2.75, 3.05) is 0 Å². The van der Waals surface area contributed by atoms with Crippen LogP contribution in [0.1, 0.15) is 18.9 Å². The van der Waals surface area contributed by atoms with Crippen LogP contribution in [0.25, 0.3) is 0 Å². The summed E-state index contributed by atoms with van der Waals surface area (Å²) in [5.74, 6) is 0. The zero-order valence-electron chi connectivity index (χ0n) is 7.86. The van der Waals surface area contributed by atoms with Gasteiger partial charge in [-0.3, -0.25) is 0 Å². The quantitative estimate of drug-likeness (QED) is 0.780. The Kier molecular flexibility index (Phi) is 2.61. The van der Waals surface area contributed by atoms with Gasteiger partial charge in [-0.05, 0) is 24.5 Å². The van der Waals surface area contributed by atoms with Gasteiger partial charge in [0.1, 0.15) is 0 Å². The lowest BCUT2D eigenvalue weighted by Gasteiger charge is -2.15. The van der Waals surface area contributed by atoms with E-state index in [0.29, 0.717) is 11.3 Å². The fourth-order valence-corrected chi connectivity index (χ4v) is 3.13. The predicted molar refractivity (Wildman–Crippen MR) is 58.1 cm³/mol. The van der Waals surface area contributed by atoms with E-state index < -0.39 is 0 Å². The normalized spacial score (nSPS) is 22.8. The van der Waals surface area contributed by atoms with Crippen molar-refractivity contribution in [3.63, 3.8) is 0 Å². The average Bonchev–Trinajstić information content (AvgIpc) is 2.59. The molecule has 0 radical (unpaired) electrons. The van der Waals surface area contributed by atoms with Crippen LogP contribution in [-0.2, 0) is 6.42 Å². The Morgan fingerprint density at radius 1 is 1.54 bits per heavy atom. The van der Waals surface area contributed by atoms with Gasteiger partial charge in [-0.2, -0.15) is 0 Å². The molecule has 2 rings (SSSR count). The molecule has 2 N–H and O–H groups in total. The summed E-state index contributed by atoms with van der Waals surface area (Å²) in [5, 5.41) is 0.599. The highest BCUT2D eigenvalue weighted by Gasteiger charge is 2.25. The fraction of sp³-hybridized carbons (Fsp3) is 0.455. The van der Waals surface area contributed by atoms with Crippen LogP contribution < -0.4 is 5.73 Å². The molecule has 0 fully saturated rings. The summed E-state index contributed by atoms with van der Waals surface area (Å²) in [7, 11) is 0. The maximum absolute atomic E-state index is 6.04. The molecule has 1 heterocycles. The lowest BCUT2D eigenvalue weighted by molar-refractivity contribution is 0.617. The number of fused-ring (bicyclic) bond motifs is 1. The highest BCUT2D eigenvalue weighted by molar-refractivity contribution is 8.00. The zero-order chi connectivity index (χ0) is 9.26. The minimum atomic E-state index is 0.345. The second kappa shape index (κ2) is 3.72. The van der Waals surface area contributed by atoms with Gasteiger partial charge in [-0.25, -0.2) is 0 Å². The third kappa shape index (κ3) is 1.74. The number of nitrogens with two attached hydrogens (primary N) is 1. The molecule has 0 aliphatic carbocycles. The van der Waals surface area contributed by atoms with Gasteiger partial charge in [0.15, 0.2) is 0 Å². The van der Waals surface area contributed by atoms with E-state index in [9.17, 15) is 0 Å². The Balaban J connectivity index is 2.14. The number of thioether (sulfide) groups is 1. The van der Waals surface area contributed by atoms with Crippen LogP contribution in [0.3, 0.4) is 0 Å². The topological polar surface area (TPSA) is 26.0 Å². The van der Waals surface area contributed by atoms with Crippen molar-refractivity contribution < 1.29 is 0 Å². The molecule has 0 bridgehead atoms. The average molecular weight is 193 g/mol. The molecule has 1 nitrogen and oxygen atoms in total. The second-order valence-corrected chi connectivity index (χ2v) is 4.82. The summed E-state index contributed by atoms with van der Waals surface area (Å²) < 4.78 is 0. The first-order valence-corrected chi connectivity index (χ1v) is 5.69. The summed E-state index contributed by atoms with van der Waals surface area (Å²) in [5.41, 5.74) is 7.51. The molecule has 13 heavy (non-hydrogen) atoms. The van der Waals surface area contributed by atoms with Gasteiger partial charge in [0.05, 0.1) is 0 Å². The largest absolute Gasteiger partial charge is 0.327 e. The van der Waals surface area contributed by atoms with Crippen molar-refractivity contribution in [1.82, 2.24) is 0 Å². The van der Waals surface area contributed by atoms with E-state index in [0.717, 1.165) is 12.8 Å². The van der Waals surface area contributed by atoms with Crippen LogP contribution in [0.2, 0.25) is 0 Å². The number of hydrogen-bond acceptors (Lipinski definition) is 2. The van der Waals surface area contributed by atoms with Gasteiger partial charge >= 0.3 is 0 Å². The maximum Gasteiger partial charge on any atom is 0.0286 e. The van der Waals surface area contributed by atoms with Gasteiger partial charge in [0, 0.05) is 16.2 Å². The molecule has 2 unspecified atom stereocenters. The molecule has 70 valence electrons. The summed E-state index contributed by atoms with van der Waals surface area (Å²) in [6.07, 6.45) is 2.22. The van der Waals surface area contributed by atoms with E-state index in [4.69, 9.17) is 5.73 Å². The first-order chi connectivity index (χ1) is 6.31. The summed E-state index contributed by atoms with van der Waals surface area (Å²) in [6, 6.07) is 8.97. The van der Waals surface area contributed by atoms with Crippen LogP contribution in [-0.4, -0.2) is 11.3 Å². The molecule has 2 heteroatoms. The Morgan fingerprint density at radius 3 is 3.00 bits per heavy atom. The van der Waals surface area contributed by atoms with Crippen molar-refractivity contribution in [3.05, 3.63) is 29.8 Å². The molecule has 1 aromatic carbocycles. The number of benzene rings is 1. The third-order valence-electron chi connectivity index (χ3n) is 2.62. The van der Waals surface area contributed by atoms with E-state index in [1.54, 1.807) is 0 Å². The Hall–Kier alpha value is -0.470.